The predicted octanol–water partition coefficient (Wildman–Crippen LogP) is 3.44. The van der Waals surface area contributed by atoms with Crippen molar-refractivity contribution in [3.05, 3.63) is 59.7 Å². The van der Waals surface area contributed by atoms with Crippen molar-refractivity contribution < 1.29 is 29.0 Å². The molecule has 3 aliphatic rings. The van der Waals surface area contributed by atoms with Crippen molar-refractivity contribution in [3.8, 4) is 11.1 Å². The highest BCUT2D eigenvalue weighted by molar-refractivity contribution is 5.89. The maximum Gasteiger partial charge on any atom is 0.407 e. The van der Waals surface area contributed by atoms with Crippen molar-refractivity contribution >= 4 is 18.0 Å². The normalized spacial score (nSPS) is 22.3. The molecule has 1 saturated carbocycles. The summed E-state index contributed by atoms with van der Waals surface area (Å²) in [5, 5.41) is 15.1. The van der Waals surface area contributed by atoms with Crippen molar-refractivity contribution in [2.75, 3.05) is 19.8 Å². The Labute approximate surface area is 204 Å². The molecule has 184 valence electrons. The molecule has 2 atom stereocenters. The molecule has 1 aliphatic heterocycles. The summed E-state index contributed by atoms with van der Waals surface area (Å²) in [7, 11) is 0. The van der Waals surface area contributed by atoms with Crippen LogP contribution in [0.4, 0.5) is 4.79 Å². The van der Waals surface area contributed by atoms with E-state index in [1.807, 2.05) is 24.3 Å². The van der Waals surface area contributed by atoms with Gasteiger partial charge < -0.3 is 25.2 Å². The van der Waals surface area contributed by atoms with E-state index in [1.165, 1.54) is 0 Å². The average Bonchev–Trinajstić information content (AvgIpc) is 3.60. The molecule has 0 aromatic heterocycles. The van der Waals surface area contributed by atoms with Crippen LogP contribution >= 0.6 is 0 Å². The number of rotatable bonds is 7. The largest absolute Gasteiger partial charge is 0.480 e. The van der Waals surface area contributed by atoms with Gasteiger partial charge in [0, 0.05) is 25.0 Å². The Morgan fingerprint density at radius 3 is 2.26 bits per heavy atom. The minimum Gasteiger partial charge on any atom is -0.480 e. The van der Waals surface area contributed by atoms with Crippen LogP contribution in [0.3, 0.4) is 0 Å². The van der Waals surface area contributed by atoms with E-state index >= 15 is 0 Å². The van der Waals surface area contributed by atoms with E-state index in [2.05, 4.69) is 34.9 Å². The van der Waals surface area contributed by atoms with Crippen LogP contribution in [0.25, 0.3) is 11.1 Å². The molecule has 0 unspecified atom stereocenters. The smallest absolute Gasteiger partial charge is 0.407 e. The molecule has 2 aromatic rings. The average molecular weight is 479 g/mol. The Morgan fingerprint density at radius 1 is 1.00 bits per heavy atom. The van der Waals surface area contributed by atoms with Gasteiger partial charge in [-0.15, -0.1) is 0 Å². The first-order valence-corrected chi connectivity index (χ1v) is 12.2. The van der Waals surface area contributed by atoms with Crippen LogP contribution in [0.2, 0.25) is 0 Å². The van der Waals surface area contributed by atoms with Crippen LogP contribution < -0.4 is 10.6 Å². The Morgan fingerprint density at radius 2 is 1.63 bits per heavy atom. The number of carbonyl (C=O) groups excluding carboxylic acids is 2. The van der Waals surface area contributed by atoms with Crippen LogP contribution in [-0.4, -0.2) is 54.5 Å². The summed E-state index contributed by atoms with van der Waals surface area (Å²) in [6.45, 7) is 0.816. The zero-order chi connectivity index (χ0) is 24.4. The van der Waals surface area contributed by atoms with Gasteiger partial charge in [0.05, 0.1) is 0 Å². The Hall–Kier alpha value is -3.39. The van der Waals surface area contributed by atoms with E-state index in [9.17, 15) is 19.5 Å². The second-order valence-corrected chi connectivity index (χ2v) is 9.63. The maximum atomic E-state index is 12.9. The number of alkyl carbamates (subject to hydrolysis) is 1. The number of amides is 2. The third kappa shape index (κ3) is 4.50. The maximum absolute atomic E-state index is 12.9. The van der Waals surface area contributed by atoms with Gasteiger partial charge in [-0.1, -0.05) is 61.4 Å². The van der Waals surface area contributed by atoms with E-state index in [0.717, 1.165) is 35.1 Å². The van der Waals surface area contributed by atoms with Crippen molar-refractivity contribution in [3.63, 3.8) is 0 Å². The molecule has 0 bridgehead atoms. The fourth-order valence-electron chi connectivity index (χ4n) is 5.67. The lowest BCUT2D eigenvalue weighted by atomic mass is 9.95. The second-order valence-electron chi connectivity index (χ2n) is 9.63. The number of carboxylic acid groups (broad SMARTS) is 1. The predicted molar refractivity (Wildman–Crippen MR) is 128 cm³/mol. The van der Waals surface area contributed by atoms with Gasteiger partial charge in [-0.3, -0.25) is 4.79 Å². The zero-order valence-electron chi connectivity index (χ0n) is 19.5. The molecule has 2 amide bonds. The number of fused-ring (bicyclic) bond motifs is 3. The highest BCUT2D eigenvalue weighted by Crippen LogP contribution is 2.44. The lowest BCUT2D eigenvalue weighted by molar-refractivity contribution is -0.149. The molecular weight excluding hydrogens is 448 g/mol. The Bertz CT molecular complexity index is 1080. The standard InChI is InChI=1S/C27H30N2O6/c30-24(29-27(25(31)32)12-5-6-13-27)23-17(11-14-34-23)15-28-26(33)35-16-22-20-9-3-1-7-18(20)19-8-2-4-10-21(19)22/h1-4,7-10,17,22-23H,5-6,11-16H2,(H,28,33)(H,29,30)(H,31,32)/t17-,23-/m1/s1. The zero-order valence-corrected chi connectivity index (χ0v) is 19.5. The van der Waals surface area contributed by atoms with Gasteiger partial charge in [0.1, 0.15) is 18.2 Å². The first kappa shape index (κ1) is 23.4. The first-order chi connectivity index (χ1) is 17.0. The lowest BCUT2D eigenvalue weighted by Crippen LogP contribution is -2.56. The quantitative estimate of drug-likeness (QED) is 0.562. The summed E-state index contributed by atoms with van der Waals surface area (Å²) in [6.07, 6.45) is 1.64. The van der Waals surface area contributed by atoms with Gasteiger partial charge >= 0.3 is 12.1 Å². The molecular formula is C27H30N2O6. The number of aliphatic carboxylic acids is 1. The molecule has 2 aromatic carbocycles. The number of carboxylic acids is 1. The second kappa shape index (κ2) is 9.70. The fourth-order valence-corrected chi connectivity index (χ4v) is 5.67. The summed E-state index contributed by atoms with van der Waals surface area (Å²) in [6, 6.07) is 16.3. The van der Waals surface area contributed by atoms with Gasteiger partial charge in [0.25, 0.3) is 0 Å². The number of carbonyl (C=O) groups is 3. The summed E-state index contributed by atoms with van der Waals surface area (Å²) < 4.78 is 11.2. The van der Waals surface area contributed by atoms with Crippen molar-refractivity contribution in [1.29, 1.82) is 0 Å². The Balaban J connectivity index is 1.16. The summed E-state index contributed by atoms with van der Waals surface area (Å²) in [5.74, 6) is -1.70. The fraction of sp³-hybridized carbons (Fsp3) is 0.444. The number of nitrogens with one attached hydrogen (secondary N) is 2. The highest BCUT2D eigenvalue weighted by atomic mass is 16.5. The lowest BCUT2D eigenvalue weighted by Gasteiger charge is -2.28. The minimum atomic E-state index is -1.21. The van der Waals surface area contributed by atoms with Gasteiger partial charge in [0.2, 0.25) is 5.91 Å². The molecule has 1 heterocycles. The number of benzene rings is 2. The third-order valence-electron chi connectivity index (χ3n) is 7.55. The molecule has 2 fully saturated rings. The molecule has 1 saturated heterocycles. The van der Waals surface area contributed by atoms with Crippen molar-refractivity contribution in [2.45, 2.75) is 49.7 Å². The minimum absolute atomic E-state index is 0.0277. The van der Waals surface area contributed by atoms with E-state index in [1.54, 1.807) is 0 Å². The molecule has 3 N–H and O–H groups in total. The highest BCUT2D eigenvalue weighted by Gasteiger charge is 2.45. The van der Waals surface area contributed by atoms with Gasteiger partial charge in [-0.05, 0) is 41.5 Å². The van der Waals surface area contributed by atoms with Gasteiger partial charge in [-0.25, -0.2) is 9.59 Å². The van der Waals surface area contributed by atoms with Gasteiger partial charge in [0.15, 0.2) is 0 Å². The number of hydrogen-bond acceptors (Lipinski definition) is 5. The van der Waals surface area contributed by atoms with Crippen molar-refractivity contribution in [2.24, 2.45) is 5.92 Å². The summed E-state index contributed by atoms with van der Waals surface area (Å²) >= 11 is 0. The summed E-state index contributed by atoms with van der Waals surface area (Å²) in [4.78, 5) is 37.2. The molecule has 0 spiro atoms. The third-order valence-corrected chi connectivity index (χ3v) is 7.55. The molecule has 8 heteroatoms. The molecule has 8 nitrogen and oxygen atoms in total. The van der Waals surface area contributed by atoms with Crippen LogP contribution in [0.5, 0.6) is 0 Å². The molecule has 5 rings (SSSR count). The number of hydrogen-bond donors (Lipinski definition) is 3. The SMILES string of the molecule is O=C(NC[C@H]1CCO[C@H]1C(=O)NC1(C(=O)O)CCCC1)OCC1c2ccccc2-c2ccccc21. The van der Waals surface area contributed by atoms with Crippen LogP contribution in [0.1, 0.15) is 49.1 Å². The molecule has 35 heavy (non-hydrogen) atoms. The van der Waals surface area contributed by atoms with Crippen LogP contribution in [0.15, 0.2) is 48.5 Å². The van der Waals surface area contributed by atoms with E-state index in [-0.39, 0.29) is 25.0 Å². The molecule has 2 aliphatic carbocycles. The number of ether oxygens (including phenoxy) is 2. The van der Waals surface area contributed by atoms with Gasteiger partial charge in [-0.2, -0.15) is 0 Å². The van der Waals surface area contributed by atoms with Crippen LogP contribution in [0, 0.1) is 5.92 Å². The molecule has 0 radical (unpaired) electrons. The van der Waals surface area contributed by atoms with E-state index in [0.29, 0.717) is 25.9 Å². The summed E-state index contributed by atoms with van der Waals surface area (Å²) in [5.41, 5.74) is 3.39. The van der Waals surface area contributed by atoms with E-state index in [4.69, 9.17) is 9.47 Å². The topological polar surface area (TPSA) is 114 Å². The van der Waals surface area contributed by atoms with Crippen molar-refractivity contribution in [1.82, 2.24) is 10.6 Å². The first-order valence-electron chi connectivity index (χ1n) is 12.2. The monoisotopic (exact) mass is 478 g/mol. The Kier molecular flexibility index (Phi) is 6.47. The van der Waals surface area contributed by atoms with Crippen LogP contribution in [-0.2, 0) is 19.1 Å². The van der Waals surface area contributed by atoms with E-state index < -0.39 is 29.6 Å².